The average molecular weight is 264 g/mol. The molecule has 1 aliphatic heterocycles. The number of aliphatic hydroxyl groups excluding tert-OH is 1. The van der Waals surface area contributed by atoms with Gasteiger partial charge in [-0.15, -0.1) is 0 Å². The fourth-order valence-corrected chi connectivity index (χ4v) is 2.54. The Morgan fingerprint density at radius 2 is 2.16 bits per heavy atom. The summed E-state index contributed by atoms with van der Waals surface area (Å²) in [7, 11) is 0. The van der Waals surface area contributed by atoms with Crippen molar-refractivity contribution in [3.63, 3.8) is 0 Å². The summed E-state index contributed by atoms with van der Waals surface area (Å²) in [5.41, 5.74) is 6.94. The molecule has 1 aromatic heterocycles. The molecule has 0 radical (unpaired) electrons. The summed E-state index contributed by atoms with van der Waals surface area (Å²) < 4.78 is 0. The molecule has 0 amide bonds. The molecule has 2 rings (SSSR count). The summed E-state index contributed by atoms with van der Waals surface area (Å²) >= 11 is 0. The molecule has 3 N–H and O–H groups in total. The highest BCUT2D eigenvalue weighted by Gasteiger charge is 2.26. The van der Waals surface area contributed by atoms with Crippen molar-refractivity contribution >= 4 is 11.6 Å². The Morgan fingerprint density at radius 1 is 1.42 bits per heavy atom. The molecule has 2 heterocycles. The predicted molar refractivity (Wildman–Crippen MR) is 77.2 cm³/mol. The summed E-state index contributed by atoms with van der Waals surface area (Å²) in [5.74, 6) is 2.60. The van der Waals surface area contributed by atoms with Gasteiger partial charge in [-0.05, 0) is 25.7 Å². The van der Waals surface area contributed by atoms with E-state index >= 15 is 0 Å². The zero-order chi connectivity index (χ0) is 14.0. The van der Waals surface area contributed by atoms with Gasteiger partial charge in [0.15, 0.2) is 0 Å². The second-order valence-corrected chi connectivity index (χ2v) is 5.50. The summed E-state index contributed by atoms with van der Waals surface area (Å²) in [6, 6.07) is 0. The first-order valence-corrected chi connectivity index (χ1v) is 7.09. The van der Waals surface area contributed by atoms with E-state index in [9.17, 15) is 5.11 Å². The van der Waals surface area contributed by atoms with Crippen molar-refractivity contribution in [2.75, 3.05) is 23.7 Å². The fourth-order valence-electron chi connectivity index (χ4n) is 2.54. The maximum Gasteiger partial charge on any atom is 0.137 e. The molecule has 19 heavy (non-hydrogen) atoms. The van der Waals surface area contributed by atoms with E-state index in [0.29, 0.717) is 5.82 Å². The van der Waals surface area contributed by atoms with E-state index in [0.717, 1.165) is 49.6 Å². The van der Waals surface area contributed by atoms with Gasteiger partial charge in [0, 0.05) is 25.1 Å². The van der Waals surface area contributed by atoms with Crippen molar-refractivity contribution < 1.29 is 5.11 Å². The number of nitrogen functional groups attached to an aromatic ring is 1. The van der Waals surface area contributed by atoms with Crippen LogP contribution in [0.3, 0.4) is 0 Å². The summed E-state index contributed by atoms with van der Waals surface area (Å²) in [6.45, 7) is 7.80. The zero-order valence-electron chi connectivity index (χ0n) is 12.1. The van der Waals surface area contributed by atoms with Crippen molar-refractivity contribution in [3.05, 3.63) is 11.4 Å². The van der Waals surface area contributed by atoms with E-state index in [1.165, 1.54) is 0 Å². The lowest BCUT2D eigenvalue weighted by molar-refractivity contribution is 0.0968. The van der Waals surface area contributed by atoms with Crippen molar-refractivity contribution in [3.8, 4) is 0 Å². The molecule has 1 fully saturated rings. The van der Waals surface area contributed by atoms with Crippen molar-refractivity contribution in [2.24, 2.45) is 5.92 Å². The van der Waals surface area contributed by atoms with Gasteiger partial charge in [-0.1, -0.05) is 13.8 Å². The number of aliphatic hydroxyl groups is 1. The van der Waals surface area contributed by atoms with Gasteiger partial charge in [-0.25, -0.2) is 9.97 Å². The molecular formula is C14H24N4O. The van der Waals surface area contributed by atoms with E-state index in [1.807, 2.05) is 6.92 Å². The van der Waals surface area contributed by atoms with Gasteiger partial charge in [0.2, 0.25) is 0 Å². The maximum atomic E-state index is 9.82. The molecule has 0 saturated carbocycles. The quantitative estimate of drug-likeness (QED) is 0.866. The number of hydrogen-bond acceptors (Lipinski definition) is 5. The van der Waals surface area contributed by atoms with Crippen LogP contribution in [-0.2, 0) is 6.42 Å². The first-order chi connectivity index (χ1) is 9.02. The van der Waals surface area contributed by atoms with Crippen LogP contribution >= 0.6 is 0 Å². The van der Waals surface area contributed by atoms with E-state index < -0.39 is 0 Å². The molecule has 0 aromatic carbocycles. The van der Waals surface area contributed by atoms with Crippen molar-refractivity contribution in [1.82, 2.24) is 9.97 Å². The lowest BCUT2D eigenvalue weighted by atomic mass is 9.96. The molecule has 2 atom stereocenters. The largest absolute Gasteiger partial charge is 0.393 e. The summed E-state index contributed by atoms with van der Waals surface area (Å²) in [5, 5.41) is 9.82. The van der Waals surface area contributed by atoms with Crippen molar-refractivity contribution in [2.45, 2.75) is 46.1 Å². The Bertz CT molecular complexity index is 449. The predicted octanol–water partition coefficient (Wildman–Crippen LogP) is 1.53. The van der Waals surface area contributed by atoms with Gasteiger partial charge in [-0.3, -0.25) is 0 Å². The first-order valence-electron chi connectivity index (χ1n) is 7.09. The van der Waals surface area contributed by atoms with Gasteiger partial charge >= 0.3 is 0 Å². The molecule has 5 heteroatoms. The summed E-state index contributed by atoms with van der Waals surface area (Å²) in [6.07, 6.45) is 2.44. The van der Waals surface area contributed by atoms with E-state index in [2.05, 4.69) is 28.7 Å². The molecular weight excluding hydrogens is 240 g/mol. The van der Waals surface area contributed by atoms with Gasteiger partial charge in [0.05, 0.1) is 6.10 Å². The number of rotatable bonds is 3. The highest BCUT2D eigenvalue weighted by molar-refractivity contribution is 5.56. The number of nitrogens with two attached hydrogens (primary N) is 1. The van der Waals surface area contributed by atoms with Crippen LogP contribution in [0.2, 0.25) is 0 Å². The Kier molecular flexibility index (Phi) is 4.24. The second kappa shape index (κ2) is 5.74. The number of hydrogen-bond donors (Lipinski definition) is 2. The van der Waals surface area contributed by atoms with Crippen LogP contribution in [0.25, 0.3) is 0 Å². The normalized spacial score (nSPS) is 23.7. The Hall–Kier alpha value is -1.36. The van der Waals surface area contributed by atoms with Crippen LogP contribution in [-0.4, -0.2) is 34.3 Å². The van der Waals surface area contributed by atoms with Gasteiger partial charge < -0.3 is 15.7 Å². The minimum atomic E-state index is -0.203. The smallest absolute Gasteiger partial charge is 0.137 e. The van der Waals surface area contributed by atoms with Gasteiger partial charge in [-0.2, -0.15) is 0 Å². The highest BCUT2D eigenvalue weighted by Crippen LogP contribution is 2.27. The standard InChI is InChI=1S/C14H24N4O/c1-4-5-12-16-13(15)10(3)14(17-12)18-7-6-11(19)9(2)8-18/h9,11,19H,4-8H2,1-3H3,(H2,15,16,17). The van der Waals surface area contributed by atoms with Crippen molar-refractivity contribution in [1.29, 1.82) is 0 Å². The number of aryl methyl sites for hydroxylation is 1. The highest BCUT2D eigenvalue weighted by atomic mass is 16.3. The SMILES string of the molecule is CCCc1nc(N)c(C)c(N2CCC(O)C(C)C2)n1. The van der Waals surface area contributed by atoms with Gasteiger partial charge in [0.1, 0.15) is 17.5 Å². The number of anilines is 2. The Balaban J connectivity index is 2.28. The molecule has 5 nitrogen and oxygen atoms in total. The third-order valence-electron chi connectivity index (χ3n) is 3.84. The molecule has 106 valence electrons. The molecule has 2 unspecified atom stereocenters. The van der Waals surface area contributed by atoms with Crippen LogP contribution in [0.4, 0.5) is 11.6 Å². The topological polar surface area (TPSA) is 75.3 Å². The molecule has 0 spiro atoms. The van der Waals surface area contributed by atoms with Crippen LogP contribution in [0.1, 0.15) is 38.1 Å². The third kappa shape index (κ3) is 2.97. The molecule has 1 saturated heterocycles. The molecule has 1 aliphatic rings. The minimum absolute atomic E-state index is 0.203. The Morgan fingerprint density at radius 3 is 2.79 bits per heavy atom. The Labute approximate surface area is 114 Å². The van der Waals surface area contributed by atoms with Gasteiger partial charge in [0.25, 0.3) is 0 Å². The summed E-state index contributed by atoms with van der Waals surface area (Å²) in [4.78, 5) is 11.2. The zero-order valence-corrected chi connectivity index (χ0v) is 12.1. The molecule has 0 bridgehead atoms. The van der Waals surface area contributed by atoms with E-state index in [-0.39, 0.29) is 12.0 Å². The van der Waals surface area contributed by atoms with Crippen LogP contribution in [0.5, 0.6) is 0 Å². The third-order valence-corrected chi connectivity index (χ3v) is 3.84. The average Bonchev–Trinajstić information content (AvgIpc) is 2.37. The minimum Gasteiger partial charge on any atom is -0.393 e. The monoisotopic (exact) mass is 264 g/mol. The second-order valence-electron chi connectivity index (χ2n) is 5.50. The first kappa shape index (κ1) is 14.1. The van der Waals surface area contributed by atoms with Crippen LogP contribution in [0, 0.1) is 12.8 Å². The van der Waals surface area contributed by atoms with E-state index in [1.54, 1.807) is 0 Å². The lowest BCUT2D eigenvalue weighted by Gasteiger charge is -2.36. The number of aromatic nitrogens is 2. The van der Waals surface area contributed by atoms with Crippen LogP contribution < -0.4 is 10.6 Å². The lowest BCUT2D eigenvalue weighted by Crippen LogP contribution is -2.42. The van der Waals surface area contributed by atoms with Crippen LogP contribution in [0.15, 0.2) is 0 Å². The maximum absolute atomic E-state index is 9.82. The van der Waals surface area contributed by atoms with E-state index in [4.69, 9.17) is 5.73 Å². The fraction of sp³-hybridized carbons (Fsp3) is 0.714. The number of piperidine rings is 1. The molecule has 0 aliphatic carbocycles. The number of nitrogens with zero attached hydrogens (tertiary/aromatic N) is 3. The molecule has 1 aromatic rings.